The minimum atomic E-state index is -0.495. The Morgan fingerprint density at radius 2 is 2.16 bits per heavy atom. The Bertz CT molecular complexity index is 1100. The second kappa shape index (κ2) is 9.61. The van der Waals surface area contributed by atoms with E-state index in [1.165, 1.54) is 31.6 Å². The maximum atomic E-state index is 12.5. The Labute approximate surface area is 188 Å². The average Bonchev–Trinajstić information content (AvgIpc) is 3.22. The Balaban J connectivity index is 1.46. The van der Waals surface area contributed by atoms with Gasteiger partial charge in [0.15, 0.2) is 10.8 Å². The first-order chi connectivity index (χ1) is 15.0. The lowest BCUT2D eigenvalue weighted by atomic mass is 10.0. The summed E-state index contributed by atoms with van der Waals surface area (Å²) in [4.78, 5) is 40.1. The van der Waals surface area contributed by atoms with Crippen LogP contribution in [0.25, 0.3) is 10.3 Å². The molecule has 1 N–H and O–H groups in total. The number of carbonyl (C=O) groups is 2. The molecular formula is C21H23N5O3S2. The number of benzene rings is 1. The second-order valence-electron chi connectivity index (χ2n) is 7.40. The number of thiazole rings is 1. The summed E-state index contributed by atoms with van der Waals surface area (Å²) in [5.74, 6) is 0.0699. The predicted octanol–water partition coefficient (Wildman–Crippen LogP) is 3.84. The van der Waals surface area contributed by atoms with Crippen molar-refractivity contribution in [2.45, 2.75) is 24.8 Å². The first kappa shape index (κ1) is 21.5. The summed E-state index contributed by atoms with van der Waals surface area (Å²) >= 11 is 2.90. The zero-order valence-corrected chi connectivity index (χ0v) is 19.0. The van der Waals surface area contributed by atoms with Crippen LogP contribution in [0.4, 0.5) is 10.8 Å². The number of esters is 1. The van der Waals surface area contributed by atoms with E-state index >= 15 is 0 Å². The van der Waals surface area contributed by atoms with Gasteiger partial charge in [0.25, 0.3) is 0 Å². The molecule has 162 valence electrons. The van der Waals surface area contributed by atoms with Gasteiger partial charge in [0.1, 0.15) is 16.1 Å². The number of methoxy groups -OCH3 is 1. The SMILES string of the molecule is COC(=O)c1ccccc1NC(=O)CSc1ncnc2nc(N3CCC[C@@H](C)C3)sc12. The molecule has 1 aliphatic heterocycles. The molecule has 0 spiro atoms. The zero-order valence-electron chi connectivity index (χ0n) is 17.3. The number of para-hydroxylation sites is 1. The van der Waals surface area contributed by atoms with E-state index in [9.17, 15) is 9.59 Å². The number of amides is 1. The Hall–Kier alpha value is -2.72. The van der Waals surface area contributed by atoms with E-state index in [4.69, 9.17) is 9.72 Å². The predicted molar refractivity (Wildman–Crippen MR) is 123 cm³/mol. The fourth-order valence-electron chi connectivity index (χ4n) is 3.52. The summed E-state index contributed by atoms with van der Waals surface area (Å²) in [6, 6.07) is 6.76. The van der Waals surface area contributed by atoms with Crippen LogP contribution in [-0.4, -0.2) is 52.8 Å². The third-order valence-electron chi connectivity index (χ3n) is 5.02. The van der Waals surface area contributed by atoms with E-state index in [1.54, 1.807) is 35.6 Å². The summed E-state index contributed by atoms with van der Waals surface area (Å²) in [6.07, 6.45) is 3.89. The number of nitrogens with zero attached hydrogens (tertiary/aromatic N) is 4. The third kappa shape index (κ3) is 4.96. The molecule has 0 radical (unpaired) electrons. The summed E-state index contributed by atoms with van der Waals surface area (Å²) in [5, 5.41) is 4.47. The number of hydrogen-bond donors (Lipinski definition) is 1. The van der Waals surface area contributed by atoms with E-state index in [0.717, 1.165) is 34.4 Å². The molecule has 1 aliphatic rings. The molecule has 2 aromatic heterocycles. The molecule has 31 heavy (non-hydrogen) atoms. The fraction of sp³-hybridized carbons (Fsp3) is 0.381. The topological polar surface area (TPSA) is 97.3 Å². The molecule has 0 saturated carbocycles. The minimum absolute atomic E-state index is 0.148. The smallest absolute Gasteiger partial charge is 0.339 e. The van der Waals surface area contributed by atoms with Crippen molar-refractivity contribution < 1.29 is 14.3 Å². The van der Waals surface area contributed by atoms with Crippen molar-refractivity contribution in [2.75, 3.05) is 36.2 Å². The third-order valence-corrected chi connectivity index (χ3v) is 7.25. The number of piperidine rings is 1. The number of rotatable bonds is 6. The van der Waals surface area contributed by atoms with Crippen LogP contribution in [0.3, 0.4) is 0 Å². The number of aromatic nitrogens is 3. The molecular weight excluding hydrogens is 434 g/mol. The van der Waals surface area contributed by atoms with Gasteiger partial charge in [-0.2, -0.15) is 4.98 Å². The Morgan fingerprint density at radius 3 is 2.97 bits per heavy atom. The number of anilines is 2. The second-order valence-corrected chi connectivity index (χ2v) is 9.34. The first-order valence-corrected chi connectivity index (χ1v) is 11.8. The van der Waals surface area contributed by atoms with Gasteiger partial charge in [0.05, 0.1) is 24.1 Å². The van der Waals surface area contributed by atoms with Crippen LogP contribution in [0.2, 0.25) is 0 Å². The normalized spacial score (nSPS) is 16.3. The highest BCUT2D eigenvalue weighted by Gasteiger charge is 2.21. The Kier molecular flexibility index (Phi) is 6.67. The van der Waals surface area contributed by atoms with Gasteiger partial charge in [-0.25, -0.2) is 14.8 Å². The fourth-order valence-corrected chi connectivity index (χ4v) is 5.45. The molecule has 3 heterocycles. The molecule has 0 bridgehead atoms. The number of hydrogen-bond acceptors (Lipinski definition) is 9. The lowest BCUT2D eigenvalue weighted by Crippen LogP contribution is -2.34. The van der Waals surface area contributed by atoms with Crippen molar-refractivity contribution in [1.82, 2.24) is 15.0 Å². The molecule has 10 heteroatoms. The van der Waals surface area contributed by atoms with Crippen molar-refractivity contribution in [3.8, 4) is 0 Å². The minimum Gasteiger partial charge on any atom is -0.465 e. The van der Waals surface area contributed by atoms with Crippen LogP contribution >= 0.6 is 23.1 Å². The van der Waals surface area contributed by atoms with Crippen LogP contribution in [0.1, 0.15) is 30.1 Å². The van der Waals surface area contributed by atoms with E-state index in [-0.39, 0.29) is 11.7 Å². The average molecular weight is 458 g/mol. The summed E-state index contributed by atoms with van der Waals surface area (Å²) < 4.78 is 5.67. The molecule has 4 rings (SSSR count). The summed E-state index contributed by atoms with van der Waals surface area (Å²) in [7, 11) is 1.31. The van der Waals surface area contributed by atoms with Gasteiger partial charge in [0, 0.05) is 13.1 Å². The van der Waals surface area contributed by atoms with Crippen LogP contribution in [0, 0.1) is 5.92 Å². The van der Waals surface area contributed by atoms with Crippen molar-refractivity contribution in [2.24, 2.45) is 5.92 Å². The van der Waals surface area contributed by atoms with Crippen LogP contribution < -0.4 is 10.2 Å². The highest BCUT2D eigenvalue weighted by molar-refractivity contribution is 8.00. The van der Waals surface area contributed by atoms with E-state index < -0.39 is 5.97 Å². The largest absolute Gasteiger partial charge is 0.465 e. The molecule has 0 unspecified atom stereocenters. The van der Waals surface area contributed by atoms with E-state index in [1.807, 2.05) is 0 Å². The molecule has 1 saturated heterocycles. The highest BCUT2D eigenvalue weighted by atomic mass is 32.2. The molecule has 1 aromatic carbocycles. The summed E-state index contributed by atoms with van der Waals surface area (Å²) in [5.41, 5.74) is 1.40. The summed E-state index contributed by atoms with van der Waals surface area (Å²) in [6.45, 7) is 4.26. The van der Waals surface area contributed by atoms with Crippen molar-refractivity contribution in [1.29, 1.82) is 0 Å². The molecule has 1 fully saturated rings. The number of fused-ring (bicyclic) bond motifs is 1. The Morgan fingerprint density at radius 1 is 1.32 bits per heavy atom. The van der Waals surface area contributed by atoms with Crippen molar-refractivity contribution >= 4 is 56.1 Å². The first-order valence-electron chi connectivity index (χ1n) is 10.0. The van der Waals surface area contributed by atoms with Gasteiger partial charge in [-0.15, -0.1) is 0 Å². The highest BCUT2D eigenvalue weighted by Crippen LogP contribution is 2.35. The number of ether oxygens (including phenoxy) is 1. The molecule has 0 aliphatic carbocycles. The lowest BCUT2D eigenvalue weighted by Gasteiger charge is -2.30. The van der Waals surface area contributed by atoms with Gasteiger partial charge < -0.3 is 15.0 Å². The molecule has 1 amide bonds. The maximum Gasteiger partial charge on any atom is 0.339 e. The monoisotopic (exact) mass is 457 g/mol. The molecule has 3 aromatic rings. The lowest BCUT2D eigenvalue weighted by molar-refractivity contribution is -0.113. The molecule has 1 atom stereocenters. The van der Waals surface area contributed by atoms with Crippen molar-refractivity contribution in [3.05, 3.63) is 36.2 Å². The van der Waals surface area contributed by atoms with Crippen molar-refractivity contribution in [3.63, 3.8) is 0 Å². The van der Waals surface area contributed by atoms with Gasteiger partial charge >= 0.3 is 5.97 Å². The standard InChI is InChI=1S/C21H23N5O3S2/c1-13-6-5-9-26(10-13)21-25-18-17(31-21)19(23-12-22-18)30-11-16(27)24-15-8-4-3-7-14(15)20(28)29-2/h3-4,7-8,12-13H,5-6,9-11H2,1-2H3,(H,24,27)/t13-/m1/s1. The van der Waals surface area contributed by atoms with E-state index in [0.29, 0.717) is 22.8 Å². The quantitative estimate of drug-likeness (QED) is 0.339. The number of nitrogens with one attached hydrogen (secondary N) is 1. The van der Waals surface area contributed by atoms with Crippen LogP contribution in [0.5, 0.6) is 0 Å². The zero-order chi connectivity index (χ0) is 21.8. The van der Waals surface area contributed by atoms with Gasteiger partial charge in [-0.05, 0) is 30.9 Å². The van der Waals surface area contributed by atoms with Crippen LogP contribution in [-0.2, 0) is 9.53 Å². The van der Waals surface area contributed by atoms with Gasteiger partial charge in [-0.3, -0.25) is 4.79 Å². The molecule has 8 nitrogen and oxygen atoms in total. The van der Waals surface area contributed by atoms with Gasteiger partial charge in [-0.1, -0.05) is 42.2 Å². The maximum absolute atomic E-state index is 12.5. The number of carbonyl (C=O) groups excluding carboxylic acids is 2. The van der Waals surface area contributed by atoms with E-state index in [2.05, 4.69) is 27.1 Å². The number of thioether (sulfide) groups is 1. The van der Waals surface area contributed by atoms with Crippen LogP contribution in [0.15, 0.2) is 35.6 Å². The van der Waals surface area contributed by atoms with Gasteiger partial charge in [0.2, 0.25) is 5.91 Å².